The lowest BCUT2D eigenvalue weighted by Gasteiger charge is -2.29. The van der Waals surface area contributed by atoms with Crippen molar-refractivity contribution in [2.75, 3.05) is 34.0 Å². The first kappa shape index (κ1) is 17.9. The van der Waals surface area contributed by atoms with Gasteiger partial charge in [-0.05, 0) is 18.5 Å². The van der Waals surface area contributed by atoms with Gasteiger partial charge in [0.1, 0.15) is 6.10 Å². The summed E-state index contributed by atoms with van der Waals surface area (Å²) >= 11 is 0. The van der Waals surface area contributed by atoms with E-state index < -0.39 is 17.6 Å². The second-order valence-corrected chi connectivity index (χ2v) is 9.77. The van der Waals surface area contributed by atoms with Gasteiger partial charge in [-0.1, -0.05) is 6.58 Å². The highest BCUT2D eigenvalue weighted by Gasteiger charge is 2.46. The topological polar surface area (TPSA) is 89.9 Å². The molecule has 1 aliphatic heterocycles. The Hall–Kier alpha value is -0.106. The molecule has 0 aliphatic carbocycles. The summed E-state index contributed by atoms with van der Waals surface area (Å²) < 4.78 is 25.6. The minimum Gasteiger partial charge on any atom is -0.390 e. The van der Waals surface area contributed by atoms with Crippen molar-refractivity contribution >= 4 is 17.6 Å². The SMILES string of the molecule is C=C[Si](O)(OC)O[Si](O)(CCCCOCC1CO1)OC. The molecule has 118 valence electrons. The Labute approximate surface area is 121 Å². The molecule has 9 heteroatoms. The Morgan fingerprint density at radius 3 is 2.50 bits per heavy atom. The first-order chi connectivity index (χ1) is 9.47. The summed E-state index contributed by atoms with van der Waals surface area (Å²) in [5.41, 5.74) is 1.20. The van der Waals surface area contributed by atoms with E-state index in [1.165, 1.54) is 19.9 Å². The molecule has 3 atom stereocenters. The van der Waals surface area contributed by atoms with E-state index in [9.17, 15) is 9.59 Å². The smallest absolute Gasteiger partial charge is 0.390 e. The molecule has 1 saturated heterocycles. The van der Waals surface area contributed by atoms with Crippen molar-refractivity contribution in [2.45, 2.75) is 25.0 Å². The van der Waals surface area contributed by atoms with Crippen molar-refractivity contribution in [3.05, 3.63) is 12.3 Å². The Kier molecular flexibility index (Phi) is 7.50. The monoisotopic (exact) mass is 324 g/mol. The van der Waals surface area contributed by atoms with Gasteiger partial charge in [0.05, 0.1) is 13.2 Å². The van der Waals surface area contributed by atoms with Crippen molar-refractivity contribution < 1.29 is 32.0 Å². The summed E-state index contributed by atoms with van der Waals surface area (Å²) in [5, 5.41) is 0. The van der Waals surface area contributed by atoms with Crippen molar-refractivity contribution in [3.8, 4) is 0 Å². The Morgan fingerprint density at radius 1 is 1.30 bits per heavy atom. The summed E-state index contributed by atoms with van der Waals surface area (Å²) in [4.78, 5) is 20.2. The highest BCUT2D eigenvalue weighted by atomic mass is 28.5. The van der Waals surface area contributed by atoms with E-state index in [2.05, 4.69) is 6.58 Å². The molecule has 1 fully saturated rings. The summed E-state index contributed by atoms with van der Waals surface area (Å²) in [6.45, 7) is 5.45. The van der Waals surface area contributed by atoms with Crippen LogP contribution in [0.5, 0.6) is 0 Å². The highest BCUT2D eigenvalue weighted by Crippen LogP contribution is 2.19. The van der Waals surface area contributed by atoms with Crippen LogP contribution in [0.2, 0.25) is 6.04 Å². The molecule has 0 bridgehead atoms. The van der Waals surface area contributed by atoms with Gasteiger partial charge in [0.2, 0.25) is 0 Å². The van der Waals surface area contributed by atoms with E-state index in [0.29, 0.717) is 25.7 Å². The van der Waals surface area contributed by atoms with Crippen LogP contribution in [0.1, 0.15) is 12.8 Å². The van der Waals surface area contributed by atoms with Crippen molar-refractivity contribution in [1.82, 2.24) is 0 Å². The van der Waals surface area contributed by atoms with Gasteiger partial charge in [0, 0.05) is 26.9 Å². The van der Waals surface area contributed by atoms with Crippen LogP contribution in [0.3, 0.4) is 0 Å². The molecule has 0 spiro atoms. The van der Waals surface area contributed by atoms with Gasteiger partial charge in [-0.2, -0.15) is 0 Å². The van der Waals surface area contributed by atoms with E-state index in [0.717, 1.165) is 13.0 Å². The van der Waals surface area contributed by atoms with Gasteiger partial charge >= 0.3 is 17.6 Å². The van der Waals surface area contributed by atoms with Gasteiger partial charge in [-0.3, -0.25) is 0 Å². The third kappa shape index (κ3) is 6.56. The molecule has 1 aliphatic rings. The molecule has 0 aromatic heterocycles. The summed E-state index contributed by atoms with van der Waals surface area (Å²) in [6, 6.07) is 0.333. The summed E-state index contributed by atoms with van der Waals surface area (Å²) in [7, 11) is -4.29. The maximum absolute atomic E-state index is 10.3. The van der Waals surface area contributed by atoms with E-state index in [-0.39, 0.29) is 6.10 Å². The molecule has 0 radical (unpaired) electrons. The van der Waals surface area contributed by atoms with Crippen LogP contribution in [-0.4, -0.2) is 67.3 Å². The van der Waals surface area contributed by atoms with Crippen LogP contribution < -0.4 is 0 Å². The number of rotatable bonds is 12. The average Bonchev–Trinajstić information content (AvgIpc) is 3.26. The third-order valence-electron chi connectivity index (χ3n) is 2.91. The van der Waals surface area contributed by atoms with Crippen molar-refractivity contribution in [3.63, 3.8) is 0 Å². The fraction of sp³-hybridized carbons (Fsp3) is 0.818. The molecule has 2 N–H and O–H groups in total. The third-order valence-corrected chi connectivity index (χ3v) is 8.08. The molecule has 7 nitrogen and oxygen atoms in total. The van der Waals surface area contributed by atoms with E-state index in [4.69, 9.17) is 22.4 Å². The predicted molar refractivity (Wildman–Crippen MR) is 75.8 cm³/mol. The molecule has 0 aromatic rings. The van der Waals surface area contributed by atoms with Crippen LogP contribution in [-0.2, 0) is 22.4 Å². The largest absolute Gasteiger partial charge is 0.518 e. The lowest BCUT2D eigenvalue weighted by Crippen LogP contribution is -2.54. The number of hydrogen-bond acceptors (Lipinski definition) is 7. The van der Waals surface area contributed by atoms with Crippen LogP contribution in [0, 0.1) is 0 Å². The zero-order valence-corrected chi connectivity index (χ0v) is 14.0. The molecular formula is C11H24O7Si2. The van der Waals surface area contributed by atoms with Crippen LogP contribution in [0.25, 0.3) is 0 Å². The maximum Gasteiger partial charge on any atom is 0.518 e. The fourth-order valence-corrected chi connectivity index (χ4v) is 5.83. The summed E-state index contributed by atoms with van der Waals surface area (Å²) in [5.74, 6) is 0. The second kappa shape index (κ2) is 8.36. The van der Waals surface area contributed by atoms with Crippen LogP contribution in [0.4, 0.5) is 0 Å². The maximum atomic E-state index is 10.3. The second-order valence-electron chi connectivity index (χ2n) is 4.55. The molecule has 1 heterocycles. The van der Waals surface area contributed by atoms with Gasteiger partial charge in [-0.15, -0.1) is 0 Å². The average molecular weight is 324 g/mol. The zero-order chi connectivity index (χ0) is 15.1. The first-order valence-electron chi connectivity index (χ1n) is 6.55. The van der Waals surface area contributed by atoms with Crippen molar-refractivity contribution in [2.24, 2.45) is 0 Å². The van der Waals surface area contributed by atoms with E-state index in [1.54, 1.807) is 0 Å². The molecular weight excluding hydrogens is 300 g/mol. The van der Waals surface area contributed by atoms with Crippen LogP contribution >= 0.6 is 0 Å². The normalized spacial score (nSPS) is 23.9. The van der Waals surface area contributed by atoms with Gasteiger partial charge in [0.15, 0.2) is 0 Å². The fourth-order valence-electron chi connectivity index (χ4n) is 1.52. The van der Waals surface area contributed by atoms with Gasteiger partial charge < -0.3 is 32.0 Å². The standard InChI is InChI=1S/C11H24O7Si2/c1-4-19(12,14-2)18-20(13,15-3)8-6-5-7-16-9-11-10-17-11/h4,11-13H,1,5-10H2,2-3H3. The van der Waals surface area contributed by atoms with Crippen LogP contribution in [0.15, 0.2) is 12.3 Å². The molecule has 3 unspecified atom stereocenters. The summed E-state index contributed by atoms with van der Waals surface area (Å²) in [6.07, 6.45) is 1.71. The molecule has 0 amide bonds. The van der Waals surface area contributed by atoms with Crippen molar-refractivity contribution in [1.29, 1.82) is 0 Å². The van der Waals surface area contributed by atoms with Gasteiger partial charge in [0.25, 0.3) is 0 Å². The molecule has 0 aromatic carbocycles. The van der Waals surface area contributed by atoms with E-state index >= 15 is 0 Å². The zero-order valence-electron chi connectivity index (χ0n) is 12.0. The van der Waals surface area contributed by atoms with E-state index in [1.807, 2.05) is 0 Å². The molecule has 20 heavy (non-hydrogen) atoms. The minimum absolute atomic E-state index is 0.263. The first-order valence-corrected chi connectivity index (χ1v) is 10.4. The lowest BCUT2D eigenvalue weighted by molar-refractivity contribution is 0.109. The Balaban J connectivity index is 2.22. The number of ether oxygens (including phenoxy) is 2. The predicted octanol–water partition coefficient (Wildman–Crippen LogP) is 0.0790. The van der Waals surface area contributed by atoms with Gasteiger partial charge in [-0.25, -0.2) is 0 Å². The molecule has 1 rings (SSSR count). The quantitative estimate of drug-likeness (QED) is 0.298. The Bertz CT molecular complexity index is 302. The number of epoxide rings is 1. The highest BCUT2D eigenvalue weighted by molar-refractivity contribution is 6.76. The number of hydrogen-bond donors (Lipinski definition) is 2. The lowest BCUT2D eigenvalue weighted by atomic mass is 10.3. The number of unbranched alkanes of at least 4 members (excludes halogenated alkanes) is 1. The minimum atomic E-state index is -3.53. The molecule has 0 saturated carbocycles. The Morgan fingerprint density at radius 2 is 2.00 bits per heavy atom.